The fourth-order valence-corrected chi connectivity index (χ4v) is 17.9. The van der Waals surface area contributed by atoms with Crippen LogP contribution in [0.25, 0.3) is 34.1 Å². The van der Waals surface area contributed by atoms with Crippen LogP contribution in [0.1, 0.15) is 117 Å². The third-order valence-electron chi connectivity index (χ3n) is 24.0. The molecule has 0 saturated carbocycles. The molecule has 6 aliphatic heterocycles. The Balaban J connectivity index is 0.000000127. The number of hydrogen-bond donors (Lipinski definition) is 4. The van der Waals surface area contributed by atoms with Crippen LogP contribution >= 0.6 is 11.8 Å². The molecule has 0 radical (unpaired) electrons. The third-order valence-corrected chi connectivity index (χ3v) is 25.0. The van der Waals surface area contributed by atoms with Crippen molar-refractivity contribution in [3.63, 3.8) is 0 Å². The zero-order valence-electron chi connectivity index (χ0n) is 74.9. The lowest BCUT2D eigenvalue weighted by Gasteiger charge is -2.29. The van der Waals surface area contributed by atoms with Gasteiger partial charge in [-0.15, -0.1) is 0 Å². The molecule has 6 aliphatic rings. The fourth-order valence-electron chi connectivity index (χ4n) is 17.1. The van der Waals surface area contributed by atoms with E-state index in [-0.39, 0.29) is 69.5 Å². The Morgan fingerprint density at radius 2 is 0.628 bits per heavy atom. The van der Waals surface area contributed by atoms with Crippen LogP contribution in [0.5, 0.6) is 23.0 Å². The number of cyclic esters (lactones) is 1. The van der Waals surface area contributed by atoms with Crippen LogP contribution in [0.4, 0.5) is 38.9 Å². The van der Waals surface area contributed by atoms with E-state index in [2.05, 4.69) is 20.4 Å². The lowest BCUT2D eigenvalue weighted by molar-refractivity contribution is -0.116. The highest BCUT2D eigenvalue weighted by atomic mass is 32.2. The van der Waals surface area contributed by atoms with Gasteiger partial charge in [0, 0.05) is 130 Å². The summed E-state index contributed by atoms with van der Waals surface area (Å²) in [7, 11) is 6.27. The summed E-state index contributed by atoms with van der Waals surface area (Å²) in [5.41, 5.74) is 35.5. The Morgan fingerprint density at radius 1 is 0.336 bits per heavy atom. The van der Waals surface area contributed by atoms with Gasteiger partial charge in [-0.25, -0.2) is 23.5 Å². The number of methoxy groups -OCH3 is 4. The fraction of sp³-hybridized carbons (Fsp3) is 0.192. The molecule has 14 aromatic rings. The predicted octanol–water partition coefficient (Wildman–Crippen LogP) is 9.69. The third kappa shape index (κ3) is 18.1. The highest BCUT2D eigenvalue weighted by Gasteiger charge is 2.41. The van der Waals surface area contributed by atoms with E-state index in [1.165, 1.54) is 29.7 Å². The number of carbonyl (C=O) groups excluding carboxylic acids is 10. The Bertz CT molecular complexity index is 7060. The first-order valence-corrected chi connectivity index (χ1v) is 44.5. The molecule has 0 unspecified atom stereocenters. The zero-order valence-corrected chi connectivity index (χ0v) is 75.8. The van der Waals surface area contributed by atoms with Gasteiger partial charge in [-0.3, -0.25) is 66.8 Å². The van der Waals surface area contributed by atoms with Gasteiger partial charge in [0.05, 0.1) is 63.5 Å². The number of pyridine rings is 2. The summed E-state index contributed by atoms with van der Waals surface area (Å²) in [6, 6.07) is 64.0. The topological polar surface area (TPSA) is 456 Å². The van der Waals surface area contributed by atoms with Crippen LogP contribution in [0.3, 0.4) is 0 Å². The van der Waals surface area contributed by atoms with E-state index in [0.717, 1.165) is 17.0 Å². The van der Waals surface area contributed by atoms with Crippen molar-refractivity contribution < 1.29 is 71.6 Å². The van der Waals surface area contributed by atoms with Crippen molar-refractivity contribution in [2.45, 2.75) is 39.5 Å². The van der Waals surface area contributed by atoms with Crippen LogP contribution in [-0.4, -0.2) is 193 Å². The standard InChI is InChI=1S/2C26H23N5O4.C24H23N5O4S.C23H21N5O5/c1-16-3-12-22(32)30(15-16)18-6-4-17(5-7-18)29-14-13-21-23(25(27)33)28-31(24(21)26(29)34)19-8-10-20(35-2)11-9-19;1-16-4-3-14-29(25(16)33)17-5-7-18(8-6-17)30-15-13-21-22(24(27)32)28-31(23(21)26(30)34)19-9-11-20(35-2)12-10-19;1-33-18-8-6-17(7-9-18)29-22-19(21(26-29)23(25)31)10-11-28(24(22)32)16-4-2-15(3-5-16)27-12-13-34-14-20(27)30;1-32-17-8-6-16(7-9-17)28-20-18(19(25-28)21(24)29)10-11-26(22(20)30)14-2-4-15(5-3-14)27-12-13-33-23(27)31/h3-12,15H,13-14H2,1-2H3,(H2,27,33);3-12,14H,13,15H2,1-2H3,(H2,27,32);2-9H,10-14H2,1H3,(H2,25,31);2-9H,10-13H2,1H3,(H2,24,29). The van der Waals surface area contributed by atoms with Gasteiger partial charge in [0.25, 0.3) is 58.4 Å². The SMILES string of the molecule is COc1ccc(-n2nc(C(N)=O)c3c2C(=O)N(c2ccc(-n4cc(C)ccc4=O)cc2)CC3)cc1.COc1ccc(-n2nc(C(N)=O)c3c2C(=O)N(c2ccc(-n4cccc(C)c4=O)cc2)CC3)cc1.COc1ccc(-n2nc(C(N)=O)c3c2C(=O)N(c2ccc(N4CCOC4=O)cc2)CC3)cc1.COc1ccc(-n2nc(C(N)=O)c3c2C(=O)N(c2ccc(N4CCSCC4=O)cc2)CC3)cc1. The number of carbonyl (C=O) groups is 10. The van der Waals surface area contributed by atoms with Gasteiger partial charge in [0.2, 0.25) is 5.91 Å². The summed E-state index contributed by atoms with van der Waals surface area (Å²) >= 11 is 1.63. The molecule has 38 heteroatoms. The number of hydrogen-bond acceptors (Lipinski definition) is 22. The second-order valence-corrected chi connectivity index (χ2v) is 33.2. The van der Waals surface area contributed by atoms with Crippen LogP contribution in [0, 0.1) is 13.8 Å². The average molecular weight is 1860 g/mol. The van der Waals surface area contributed by atoms with Crippen molar-refractivity contribution in [3.8, 4) is 57.1 Å². The second kappa shape index (κ2) is 38.8. The van der Waals surface area contributed by atoms with Crippen molar-refractivity contribution in [2.75, 3.05) is 115 Å². The molecule has 10 amide bonds. The van der Waals surface area contributed by atoms with Gasteiger partial charge in [-0.1, -0.05) is 12.1 Å². The van der Waals surface area contributed by atoms with Gasteiger partial charge >= 0.3 is 6.09 Å². The summed E-state index contributed by atoms with van der Waals surface area (Å²) in [5, 5.41) is 17.5. The number of anilines is 6. The zero-order chi connectivity index (χ0) is 96.3. The maximum absolute atomic E-state index is 13.7. The van der Waals surface area contributed by atoms with Crippen molar-refractivity contribution >= 4 is 105 Å². The Kier molecular flexibility index (Phi) is 25.9. The lowest BCUT2D eigenvalue weighted by atomic mass is 10.0. The monoisotopic (exact) mass is 1860 g/mol. The first-order chi connectivity index (χ1) is 66.2. The molecule has 20 rings (SSSR count). The summed E-state index contributed by atoms with van der Waals surface area (Å²) < 4.78 is 34.8. The van der Waals surface area contributed by atoms with Crippen LogP contribution in [-0.2, 0) is 35.2 Å². The molecular weight excluding hydrogens is 1770 g/mol. The average Bonchev–Trinajstić information content (AvgIpc) is 1.62. The Hall–Kier alpha value is -17.5. The van der Waals surface area contributed by atoms with Crippen molar-refractivity contribution in [2.24, 2.45) is 22.9 Å². The molecule has 2 fully saturated rings. The molecule has 12 heterocycles. The summed E-state index contributed by atoms with van der Waals surface area (Å²) in [4.78, 5) is 161. The highest BCUT2D eigenvalue weighted by molar-refractivity contribution is 8.00. The molecule has 0 bridgehead atoms. The second-order valence-electron chi connectivity index (χ2n) is 32.1. The Labute approximate surface area is 786 Å². The van der Waals surface area contributed by atoms with E-state index in [9.17, 15) is 57.5 Å². The molecule has 37 nitrogen and oxygen atoms in total. The smallest absolute Gasteiger partial charge is 0.414 e. The molecule has 694 valence electrons. The number of nitrogens with two attached hydrogens (primary N) is 4. The first kappa shape index (κ1) is 91.4. The number of thioether (sulfide) groups is 1. The lowest BCUT2D eigenvalue weighted by Crippen LogP contribution is -2.39. The number of benzene rings is 8. The number of fused-ring (bicyclic) bond motifs is 4. The van der Waals surface area contributed by atoms with Crippen LogP contribution < -0.4 is 82.4 Å². The molecule has 8 aromatic carbocycles. The number of aromatic nitrogens is 10. The molecule has 137 heavy (non-hydrogen) atoms. The van der Waals surface area contributed by atoms with E-state index in [1.807, 2.05) is 37.3 Å². The van der Waals surface area contributed by atoms with Crippen molar-refractivity contribution in [3.05, 3.63) is 330 Å². The van der Waals surface area contributed by atoms with E-state index in [1.54, 1.807) is 275 Å². The minimum absolute atomic E-state index is 0.0880. The molecule has 8 N–H and O–H groups in total. The van der Waals surface area contributed by atoms with E-state index < -0.39 is 23.6 Å². The maximum Gasteiger partial charge on any atom is 0.414 e. The predicted molar refractivity (Wildman–Crippen MR) is 511 cm³/mol. The van der Waals surface area contributed by atoms with Gasteiger partial charge in [0.15, 0.2) is 22.8 Å². The summed E-state index contributed by atoms with van der Waals surface area (Å²) in [6.07, 6.45) is 4.82. The molecular formula is C99H90N20O17S. The minimum atomic E-state index is -0.679. The van der Waals surface area contributed by atoms with Crippen molar-refractivity contribution in [1.29, 1.82) is 0 Å². The van der Waals surface area contributed by atoms with Gasteiger partial charge in [-0.05, 0) is 245 Å². The molecule has 0 spiro atoms. The quantitative estimate of drug-likeness (QED) is 0.0551. The van der Waals surface area contributed by atoms with Gasteiger partial charge in [0.1, 0.15) is 52.4 Å². The summed E-state index contributed by atoms with van der Waals surface area (Å²) in [6.45, 7) is 6.68. The normalized spacial score (nSPS) is 14.3. The van der Waals surface area contributed by atoms with E-state index in [4.69, 9.17) is 46.6 Å². The number of primary amides is 4. The number of aryl methyl sites for hydroxylation is 2. The van der Waals surface area contributed by atoms with Crippen LogP contribution in [0.2, 0.25) is 0 Å². The van der Waals surface area contributed by atoms with Crippen molar-refractivity contribution in [1.82, 2.24) is 48.3 Å². The van der Waals surface area contributed by atoms with E-state index in [0.29, 0.717) is 213 Å². The largest absolute Gasteiger partial charge is 0.497 e. The van der Waals surface area contributed by atoms with Gasteiger partial charge in [-0.2, -0.15) is 32.2 Å². The minimum Gasteiger partial charge on any atom is -0.497 e. The van der Waals surface area contributed by atoms with E-state index >= 15 is 0 Å². The van der Waals surface area contributed by atoms with Gasteiger partial charge < -0.3 is 71.1 Å². The highest BCUT2D eigenvalue weighted by Crippen LogP contribution is 2.38. The molecule has 0 aliphatic carbocycles. The number of nitrogens with zero attached hydrogens (tertiary/aromatic N) is 16. The summed E-state index contributed by atoms with van der Waals surface area (Å²) in [5.74, 6) is 0.265. The number of rotatable bonds is 20. The van der Waals surface area contributed by atoms with Crippen LogP contribution in [0.15, 0.2) is 240 Å². The number of ether oxygens (including phenoxy) is 5. The Morgan fingerprint density at radius 3 is 0.920 bits per heavy atom. The molecule has 6 aromatic heterocycles. The maximum atomic E-state index is 13.7. The molecule has 0 atom stereocenters. The number of amides is 10. The molecule has 2 saturated heterocycles. The first-order valence-electron chi connectivity index (χ1n) is 43.3.